The molecular weight excluding hydrogens is 437 g/mol. The molecule has 0 aromatic rings. The predicted octanol–water partition coefficient (Wildman–Crippen LogP) is 5.88. The van der Waals surface area contributed by atoms with Crippen LogP contribution in [0, 0.1) is 5.41 Å². The van der Waals surface area contributed by atoms with Gasteiger partial charge in [0.05, 0.1) is 17.8 Å². The van der Waals surface area contributed by atoms with Crippen molar-refractivity contribution in [2.45, 2.75) is 109 Å². The third-order valence-electron chi connectivity index (χ3n) is 6.73. The van der Waals surface area contributed by atoms with E-state index in [-0.39, 0.29) is 35.0 Å². The number of hydrogen-bond acceptors (Lipinski definition) is 5. The fourth-order valence-corrected chi connectivity index (χ4v) is 5.49. The number of epoxide rings is 1. The van der Waals surface area contributed by atoms with E-state index >= 15 is 0 Å². The Morgan fingerprint density at radius 2 is 1.73 bits per heavy atom. The minimum Gasteiger partial charge on any atom is -0.413 e. The first kappa shape index (κ1) is 25.7. The van der Waals surface area contributed by atoms with E-state index in [4.69, 9.17) is 9.16 Å². The van der Waals surface area contributed by atoms with Crippen molar-refractivity contribution < 1.29 is 34.9 Å². The Hall–Kier alpha value is -0.583. The largest absolute Gasteiger partial charge is 0.534 e. The predicted molar refractivity (Wildman–Crippen MR) is 112 cm³/mol. The molecule has 1 unspecified atom stereocenters. The van der Waals surface area contributed by atoms with E-state index in [0.717, 1.165) is 0 Å². The molecule has 2 rings (SSSR count). The van der Waals surface area contributed by atoms with E-state index in [9.17, 15) is 21.6 Å². The smallest absolute Gasteiger partial charge is 0.413 e. The van der Waals surface area contributed by atoms with Gasteiger partial charge in [-0.15, -0.1) is 0 Å². The van der Waals surface area contributed by atoms with Crippen molar-refractivity contribution in [3.05, 3.63) is 11.8 Å². The van der Waals surface area contributed by atoms with Gasteiger partial charge in [0.2, 0.25) is 0 Å². The van der Waals surface area contributed by atoms with Crippen LogP contribution in [0.1, 0.15) is 67.2 Å². The maximum absolute atomic E-state index is 12.8. The molecule has 0 saturated carbocycles. The highest BCUT2D eigenvalue weighted by atomic mass is 32.2. The normalized spacial score (nSPS) is 30.0. The molecule has 0 radical (unpaired) electrons. The van der Waals surface area contributed by atoms with E-state index in [1.165, 1.54) is 6.08 Å². The van der Waals surface area contributed by atoms with Crippen LogP contribution >= 0.6 is 0 Å². The van der Waals surface area contributed by atoms with Gasteiger partial charge in [0.25, 0.3) is 0 Å². The molecule has 176 valence electrons. The summed E-state index contributed by atoms with van der Waals surface area (Å²) in [7, 11) is -7.83. The van der Waals surface area contributed by atoms with Crippen molar-refractivity contribution >= 4 is 18.4 Å². The van der Waals surface area contributed by atoms with Crippen LogP contribution in [-0.2, 0) is 23.5 Å². The Labute approximate surface area is 179 Å². The average Bonchev–Trinajstić information content (AvgIpc) is 3.13. The summed E-state index contributed by atoms with van der Waals surface area (Å²) in [5.41, 5.74) is -6.32. The summed E-state index contributed by atoms with van der Waals surface area (Å²) in [6, 6.07) is 0. The Morgan fingerprint density at radius 3 is 2.17 bits per heavy atom. The van der Waals surface area contributed by atoms with Crippen LogP contribution < -0.4 is 0 Å². The standard InChI is InChI=1S/C20H35F3O5SSi/c1-17(2,3)30(7,8)28-16-10-9-14(27-29(24,25)20(21,22)23)13-19(16,6)12-11-15-18(4,5)26-15/h13,15-16H,9-12H2,1-8H3/t15?,16-,19-/m1/s1. The van der Waals surface area contributed by atoms with Crippen LogP contribution in [0.4, 0.5) is 13.2 Å². The second-order valence-corrected chi connectivity index (χ2v) is 17.0. The molecule has 0 aromatic heterocycles. The summed E-state index contributed by atoms with van der Waals surface area (Å²) in [5.74, 6) is -0.166. The van der Waals surface area contributed by atoms with E-state index < -0.39 is 29.4 Å². The molecule has 1 heterocycles. The summed E-state index contributed by atoms with van der Waals surface area (Å²) in [6.45, 7) is 16.5. The van der Waals surface area contributed by atoms with Crippen molar-refractivity contribution in [3.8, 4) is 0 Å². The van der Waals surface area contributed by atoms with E-state index in [1.54, 1.807) is 0 Å². The number of alkyl halides is 3. The molecule has 5 nitrogen and oxygen atoms in total. The molecule has 0 spiro atoms. The van der Waals surface area contributed by atoms with Gasteiger partial charge in [0.1, 0.15) is 5.76 Å². The number of halogens is 3. The first-order valence-corrected chi connectivity index (χ1v) is 14.6. The van der Waals surface area contributed by atoms with Crippen LogP contribution in [0.25, 0.3) is 0 Å². The van der Waals surface area contributed by atoms with Crippen molar-refractivity contribution in [1.29, 1.82) is 0 Å². The lowest BCUT2D eigenvalue weighted by molar-refractivity contribution is -0.0529. The molecule has 0 amide bonds. The molecule has 0 aromatic carbocycles. The molecule has 0 bridgehead atoms. The van der Waals surface area contributed by atoms with Crippen molar-refractivity contribution in [3.63, 3.8) is 0 Å². The molecule has 1 fully saturated rings. The average molecular weight is 473 g/mol. The van der Waals surface area contributed by atoms with Gasteiger partial charge in [-0.3, -0.25) is 0 Å². The molecule has 30 heavy (non-hydrogen) atoms. The Kier molecular flexibility index (Phi) is 6.65. The number of hydrogen-bond donors (Lipinski definition) is 0. The highest BCUT2D eigenvalue weighted by molar-refractivity contribution is 7.87. The summed E-state index contributed by atoms with van der Waals surface area (Å²) >= 11 is 0. The van der Waals surface area contributed by atoms with Crippen LogP contribution in [0.15, 0.2) is 11.8 Å². The van der Waals surface area contributed by atoms with Crippen molar-refractivity contribution in [2.24, 2.45) is 5.41 Å². The van der Waals surface area contributed by atoms with Crippen molar-refractivity contribution in [2.75, 3.05) is 0 Å². The molecule has 1 aliphatic carbocycles. The summed E-state index contributed by atoms with van der Waals surface area (Å²) in [6.07, 6.45) is 3.15. The minimum atomic E-state index is -5.69. The Bertz CT molecular complexity index is 783. The van der Waals surface area contributed by atoms with Gasteiger partial charge in [0, 0.05) is 11.8 Å². The summed E-state index contributed by atoms with van der Waals surface area (Å²) in [5, 5.41) is -0.0321. The lowest BCUT2D eigenvalue weighted by Gasteiger charge is -2.46. The quantitative estimate of drug-likeness (QED) is 0.200. The summed E-state index contributed by atoms with van der Waals surface area (Å²) in [4.78, 5) is 0. The zero-order valence-electron chi connectivity index (χ0n) is 19.1. The number of rotatable bonds is 7. The van der Waals surface area contributed by atoms with Gasteiger partial charge in [-0.1, -0.05) is 27.7 Å². The fraction of sp³-hybridized carbons (Fsp3) is 0.900. The SMILES string of the molecule is CC1(C)OC1CC[C@]1(C)C=C(OS(=O)(=O)C(F)(F)F)CC[C@H]1O[Si](C)(C)C(C)(C)C. The molecular formula is C20H35F3O5SSi. The lowest BCUT2D eigenvalue weighted by atomic mass is 9.74. The first-order chi connectivity index (χ1) is 13.2. The first-order valence-electron chi connectivity index (χ1n) is 10.3. The highest BCUT2D eigenvalue weighted by Gasteiger charge is 2.52. The van der Waals surface area contributed by atoms with Gasteiger partial charge in [-0.2, -0.15) is 21.6 Å². The third kappa shape index (κ3) is 5.61. The Morgan fingerprint density at radius 1 is 1.20 bits per heavy atom. The van der Waals surface area contributed by atoms with Crippen molar-refractivity contribution in [1.82, 2.24) is 0 Å². The van der Waals surface area contributed by atoms with E-state index in [0.29, 0.717) is 19.3 Å². The topological polar surface area (TPSA) is 65.1 Å². The van der Waals surface area contributed by atoms with Gasteiger partial charge < -0.3 is 13.3 Å². The lowest BCUT2D eigenvalue weighted by Crippen LogP contribution is -2.49. The molecule has 1 saturated heterocycles. The van der Waals surface area contributed by atoms with Crippen LogP contribution in [-0.4, -0.2) is 40.1 Å². The van der Waals surface area contributed by atoms with Crippen LogP contribution in [0.2, 0.25) is 18.1 Å². The summed E-state index contributed by atoms with van der Waals surface area (Å²) < 4.78 is 78.1. The maximum Gasteiger partial charge on any atom is 0.534 e. The zero-order chi connectivity index (χ0) is 23.4. The zero-order valence-corrected chi connectivity index (χ0v) is 21.0. The van der Waals surface area contributed by atoms with Crippen LogP contribution in [0.3, 0.4) is 0 Å². The molecule has 2 aliphatic rings. The number of allylic oxidation sites excluding steroid dienone is 1. The highest BCUT2D eigenvalue weighted by Crippen LogP contribution is 2.48. The van der Waals surface area contributed by atoms with E-state index in [2.05, 4.69) is 38.0 Å². The van der Waals surface area contributed by atoms with Gasteiger partial charge >= 0.3 is 15.6 Å². The second-order valence-electron chi connectivity index (χ2n) is 10.8. The molecule has 1 aliphatic heterocycles. The fourth-order valence-electron chi connectivity index (χ4n) is 3.53. The second kappa shape index (κ2) is 7.77. The van der Waals surface area contributed by atoms with Gasteiger partial charge in [-0.05, 0) is 57.3 Å². The molecule has 0 N–H and O–H groups in total. The molecule has 3 atom stereocenters. The van der Waals surface area contributed by atoms with Gasteiger partial charge in [-0.25, -0.2) is 0 Å². The van der Waals surface area contributed by atoms with E-state index in [1.807, 2.05) is 20.8 Å². The Balaban J connectivity index is 2.29. The maximum atomic E-state index is 12.8. The van der Waals surface area contributed by atoms with Gasteiger partial charge in [0.15, 0.2) is 8.32 Å². The van der Waals surface area contributed by atoms with Crippen LogP contribution in [0.5, 0.6) is 0 Å². The monoisotopic (exact) mass is 472 g/mol. The number of ether oxygens (including phenoxy) is 1. The minimum absolute atomic E-state index is 0.0321. The third-order valence-corrected chi connectivity index (χ3v) is 12.2. The molecule has 10 heteroatoms.